The van der Waals surface area contributed by atoms with Crippen LogP contribution in [0.4, 0.5) is 4.79 Å². The molecule has 96 valence electrons. The molecule has 3 rings (SSSR count). The van der Waals surface area contributed by atoms with Crippen molar-refractivity contribution in [2.75, 3.05) is 26.2 Å². The van der Waals surface area contributed by atoms with Crippen LogP contribution in [0.1, 0.15) is 38.5 Å². The maximum absolute atomic E-state index is 12.1. The number of hydrogen-bond donors (Lipinski definition) is 1. The molecule has 0 radical (unpaired) electrons. The van der Waals surface area contributed by atoms with E-state index in [4.69, 9.17) is 0 Å². The Labute approximate surface area is 103 Å². The fourth-order valence-corrected chi connectivity index (χ4v) is 3.04. The molecule has 17 heavy (non-hydrogen) atoms. The van der Waals surface area contributed by atoms with E-state index < -0.39 is 0 Å². The van der Waals surface area contributed by atoms with Crippen LogP contribution >= 0.6 is 0 Å². The molecule has 0 aromatic carbocycles. The average molecular weight is 237 g/mol. The van der Waals surface area contributed by atoms with Gasteiger partial charge in [-0.3, -0.25) is 0 Å². The third-order valence-electron chi connectivity index (χ3n) is 4.21. The SMILES string of the molecule is O=C(NC1CC1)N1CCCC1CN1CCCC1. The van der Waals surface area contributed by atoms with Crippen molar-refractivity contribution in [1.29, 1.82) is 0 Å². The number of urea groups is 1. The van der Waals surface area contributed by atoms with Gasteiger partial charge in [-0.25, -0.2) is 4.79 Å². The summed E-state index contributed by atoms with van der Waals surface area (Å²) < 4.78 is 0. The Morgan fingerprint density at radius 2 is 1.82 bits per heavy atom. The van der Waals surface area contributed by atoms with Gasteiger partial charge >= 0.3 is 6.03 Å². The molecule has 2 saturated heterocycles. The lowest BCUT2D eigenvalue weighted by atomic mass is 10.2. The minimum atomic E-state index is 0.189. The van der Waals surface area contributed by atoms with Gasteiger partial charge in [0.1, 0.15) is 0 Å². The van der Waals surface area contributed by atoms with Crippen molar-refractivity contribution < 1.29 is 4.79 Å². The van der Waals surface area contributed by atoms with Gasteiger partial charge in [0.15, 0.2) is 0 Å². The van der Waals surface area contributed by atoms with Crippen LogP contribution in [0, 0.1) is 0 Å². The summed E-state index contributed by atoms with van der Waals surface area (Å²) in [4.78, 5) is 16.7. The molecule has 1 atom stereocenters. The molecule has 0 aromatic heterocycles. The molecule has 0 spiro atoms. The number of carbonyl (C=O) groups is 1. The van der Waals surface area contributed by atoms with Gasteiger partial charge in [-0.1, -0.05) is 0 Å². The minimum absolute atomic E-state index is 0.189. The number of rotatable bonds is 3. The zero-order chi connectivity index (χ0) is 11.7. The lowest BCUT2D eigenvalue weighted by molar-refractivity contribution is 0.174. The highest BCUT2D eigenvalue weighted by molar-refractivity contribution is 5.75. The molecule has 3 fully saturated rings. The molecule has 2 amide bonds. The Morgan fingerprint density at radius 3 is 2.53 bits per heavy atom. The van der Waals surface area contributed by atoms with Crippen LogP contribution in [0.5, 0.6) is 0 Å². The van der Waals surface area contributed by atoms with E-state index in [0.717, 1.165) is 13.1 Å². The van der Waals surface area contributed by atoms with Crippen LogP contribution in [-0.2, 0) is 0 Å². The fraction of sp³-hybridized carbons (Fsp3) is 0.923. The van der Waals surface area contributed by atoms with Crippen LogP contribution < -0.4 is 5.32 Å². The quantitative estimate of drug-likeness (QED) is 0.806. The van der Waals surface area contributed by atoms with Gasteiger partial charge in [-0.05, 0) is 51.6 Å². The predicted molar refractivity (Wildman–Crippen MR) is 67.0 cm³/mol. The van der Waals surface area contributed by atoms with Crippen LogP contribution in [-0.4, -0.2) is 54.1 Å². The number of hydrogen-bond acceptors (Lipinski definition) is 2. The molecule has 1 unspecified atom stereocenters. The first kappa shape index (κ1) is 11.3. The average Bonchev–Trinajstić information content (AvgIpc) is 2.83. The van der Waals surface area contributed by atoms with E-state index in [-0.39, 0.29) is 6.03 Å². The van der Waals surface area contributed by atoms with Gasteiger partial charge in [0, 0.05) is 25.2 Å². The van der Waals surface area contributed by atoms with E-state index in [0.29, 0.717) is 12.1 Å². The van der Waals surface area contributed by atoms with E-state index in [1.807, 2.05) is 0 Å². The molecule has 0 aromatic rings. The molecule has 1 saturated carbocycles. The second kappa shape index (κ2) is 4.84. The summed E-state index contributed by atoms with van der Waals surface area (Å²) in [5.74, 6) is 0. The van der Waals surface area contributed by atoms with Crippen molar-refractivity contribution in [3.63, 3.8) is 0 Å². The van der Waals surface area contributed by atoms with E-state index in [1.165, 1.54) is 51.6 Å². The molecule has 2 aliphatic heterocycles. The minimum Gasteiger partial charge on any atom is -0.335 e. The first-order valence-corrected chi connectivity index (χ1v) is 7.12. The van der Waals surface area contributed by atoms with Gasteiger partial charge in [-0.15, -0.1) is 0 Å². The first-order valence-electron chi connectivity index (χ1n) is 7.12. The molecule has 4 nitrogen and oxygen atoms in total. The van der Waals surface area contributed by atoms with Crippen molar-refractivity contribution in [2.24, 2.45) is 0 Å². The number of nitrogens with one attached hydrogen (secondary N) is 1. The second-order valence-electron chi connectivity index (χ2n) is 5.72. The highest BCUT2D eigenvalue weighted by Crippen LogP contribution is 2.23. The third kappa shape index (κ3) is 2.73. The molecular weight excluding hydrogens is 214 g/mol. The molecule has 2 heterocycles. The number of amides is 2. The summed E-state index contributed by atoms with van der Waals surface area (Å²) in [6.45, 7) is 4.51. The lowest BCUT2D eigenvalue weighted by Gasteiger charge is -2.28. The number of nitrogens with zero attached hydrogens (tertiary/aromatic N) is 2. The Balaban J connectivity index is 1.52. The number of carbonyl (C=O) groups excluding carboxylic acids is 1. The van der Waals surface area contributed by atoms with Crippen LogP contribution in [0.25, 0.3) is 0 Å². The first-order chi connectivity index (χ1) is 8.33. The Hall–Kier alpha value is -0.770. The zero-order valence-electron chi connectivity index (χ0n) is 10.5. The predicted octanol–water partition coefficient (Wildman–Crippen LogP) is 1.42. The van der Waals surface area contributed by atoms with E-state index >= 15 is 0 Å². The number of likely N-dealkylation sites (tertiary alicyclic amines) is 2. The maximum Gasteiger partial charge on any atom is 0.317 e. The molecule has 0 bridgehead atoms. The van der Waals surface area contributed by atoms with Crippen molar-refractivity contribution in [2.45, 2.75) is 50.6 Å². The van der Waals surface area contributed by atoms with Crippen LogP contribution in [0.3, 0.4) is 0 Å². The highest BCUT2D eigenvalue weighted by Gasteiger charge is 2.33. The topological polar surface area (TPSA) is 35.6 Å². The van der Waals surface area contributed by atoms with Gasteiger partial charge in [0.2, 0.25) is 0 Å². The summed E-state index contributed by atoms with van der Waals surface area (Å²) in [5, 5.41) is 3.12. The maximum atomic E-state index is 12.1. The fourth-order valence-electron chi connectivity index (χ4n) is 3.04. The molecule has 4 heteroatoms. The summed E-state index contributed by atoms with van der Waals surface area (Å²) in [6, 6.07) is 1.14. The summed E-state index contributed by atoms with van der Waals surface area (Å²) >= 11 is 0. The summed E-state index contributed by atoms with van der Waals surface area (Å²) in [6.07, 6.45) is 7.39. The largest absolute Gasteiger partial charge is 0.335 e. The van der Waals surface area contributed by atoms with E-state index in [2.05, 4.69) is 15.1 Å². The van der Waals surface area contributed by atoms with E-state index in [9.17, 15) is 4.79 Å². The van der Waals surface area contributed by atoms with Crippen molar-refractivity contribution in [3.8, 4) is 0 Å². The standard InChI is InChI=1S/C13H23N3O/c17-13(14-11-5-6-11)16-9-3-4-12(16)10-15-7-1-2-8-15/h11-12H,1-10H2,(H,14,17). The second-order valence-corrected chi connectivity index (χ2v) is 5.72. The van der Waals surface area contributed by atoms with Crippen molar-refractivity contribution >= 4 is 6.03 Å². The van der Waals surface area contributed by atoms with Crippen molar-refractivity contribution in [3.05, 3.63) is 0 Å². The third-order valence-corrected chi connectivity index (χ3v) is 4.21. The normalized spacial score (nSPS) is 29.9. The smallest absolute Gasteiger partial charge is 0.317 e. The van der Waals surface area contributed by atoms with Gasteiger partial charge < -0.3 is 15.1 Å². The summed E-state index contributed by atoms with van der Waals surface area (Å²) in [5.41, 5.74) is 0. The monoisotopic (exact) mass is 237 g/mol. The Bertz CT molecular complexity index is 284. The summed E-state index contributed by atoms with van der Waals surface area (Å²) in [7, 11) is 0. The van der Waals surface area contributed by atoms with Gasteiger partial charge in [-0.2, -0.15) is 0 Å². The molecule has 1 aliphatic carbocycles. The van der Waals surface area contributed by atoms with Crippen LogP contribution in [0.2, 0.25) is 0 Å². The van der Waals surface area contributed by atoms with E-state index in [1.54, 1.807) is 0 Å². The lowest BCUT2D eigenvalue weighted by Crippen LogP contribution is -2.47. The highest BCUT2D eigenvalue weighted by atomic mass is 16.2. The molecule has 1 N–H and O–H groups in total. The van der Waals surface area contributed by atoms with Gasteiger partial charge in [0.25, 0.3) is 0 Å². The molecular formula is C13H23N3O. The Kier molecular flexibility index (Phi) is 3.23. The molecule has 3 aliphatic rings. The van der Waals surface area contributed by atoms with Crippen LogP contribution in [0.15, 0.2) is 0 Å². The van der Waals surface area contributed by atoms with Crippen molar-refractivity contribution in [1.82, 2.24) is 15.1 Å². The Morgan fingerprint density at radius 1 is 1.06 bits per heavy atom. The zero-order valence-corrected chi connectivity index (χ0v) is 10.5. The van der Waals surface area contributed by atoms with Gasteiger partial charge in [0.05, 0.1) is 0 Å².